The molecule has 1 heterocycles. The summed E-state index contributed by atoms with van der Waals surface area (Å²) in [5.41, 5.74) is 3.75. The van der Waals surface area contributed by atoms with Crippen LogP contribution in [-0.2, 0) is 11.3 Å². The normalized spacial score (nSPS) is 17.1. The Labute approximate surface area is 222 Å². The molecule has 1 aliphatic rings. The van der Waals surface area contributed by atoms with E-state index in [1.807, 2.05) is 30.6 Å². The van der Waals surface area contributed by atoms with Gasteiger partial charge in [0.05, 0.1) is 12.7 Å². The summed E-state index contributed by atoms with van der Waals surface area (Å²) in [6.07, 6.45) is 8.19. The molecule has 0 saturated heterocycles. The average Bonchev–Trinajstić information content (AvgIpc) is 2.97. The summed E-state index contributed by atoms with van der Waals surface area (Å²) in [6.45, 7) is 0.737. The first kappa shape index (κ1) is 25.4. The number of carbonyl (C=O) groups excluding carboxylic acids is 2. The first-order valence-electron chi connectivity index (χ1n) is 13.0. The molecule has 0 bridgehead atoms. The minimum Gasteiger partial charge on any atom is -0.465 e. The monoisotopic (exact) mass is 508 g/mol. The number of pyridine rings is 1. The second-order valence-electron chi connectivity index (χ2n) is 9.70. The van der Waals surface area contributed by atoms with Gasteiger partial charge in [0.25, 0.3) is 5.91 Å². The van der Waals surface area contributed by atoms with Crippen molar-refractivity contribution >= 4 is 34.0 Å². The SMILES string of the molecule is COC(=O)c1cccc(C(=O)Nc2cccc(CNC3CCC(Nc4cccc5cnccc45)CC3)c2)c1. The van der Waals surface area contributed by atoms with Crippen molar-refractivity contribution in [3.8, 4) is 0 Å². The molecule has 1 fully saturated rings. The number of rotatable bonds is 8. The Morgan fingerprint density at radius 2 is 1.66 bits per heavy atom. The van der Waals surface area contributed by atoms with Crippen molar-refractivity contribution in [2.75, 3.05) is 17.7 Å². The Balaban J connectivity index is 1.12. The van der Waals surface area contributed by atoms with Crippen LogP contribution < -0.4 is 16.0 Å². The van der Waals surface area contributed by atoms with E-state index >= 15 is 0 Å². The summed E-state index contributed by atoms with van der Waals surface area (Å²) >= 11 is 0. The second-order valence-corrected chi connectivity index (χ2v) is 9.70. The van der Waals surface area contributed by atoms with Gasteiger partial charge in [-0.1, -0.05) is 30.3 Å². The van der Waals surface area contributed by atoms with Crippen molar-refractivity contribution in [3.05, 3.63) is 102 Å². The number of hydrogen-bond donors (Lipinski definition) is 3. The Morgan fingerprint density at radius 1 is 0.895 bits per heavy atom. The molecule has 0 spiro atoms. The topological polar surface area (TPSA) is 92.4 Å². The predicted molar refractivity (Wildman–Crippen MR) is 150 cm³/mol. The zero-order chi connectivity index (χ0) is 26.3. The number of hydrogen-bond acceptors (Lipinski definition) is 6. The molecule has 1 aromatic heterocycles. The zero-order valence-corrected chi connectivity index (χ0v) is 21.4. The predicted octanol–water partition coefficient (Wildman–Crippen LogP) is 5.79. The molecule has 1 saturated carbocycles. The van der Waals surface area contributed by atoms with Crippen LogP contribution in [-0.4, -0.2) is 36.1 Å². The molecule has 38 heavy (non-hydrogen) atoms. The summed E-state index contributed by atoms with van der Waals surface area (Å²) in [5.74, 6) is -0.738. The number of fused-ring (bicyclic) bond motifs is 1. The van der Waals surface area contributed by atoms with Gasteiger partial charge in [0.1, 0.15) is 0 Å². The summed E-state index contributed by atoms with van der Waals surface area (Å²) < 4.78 is 4.75. The molecule has 0 atom stereocenters. The molecule has 7 nitrogen and oxygen atoms in total. The fourth-order valence-electron chi connectivity index (χ4n) is 5.04. The quantitative estimate of drug-likeness (QED) is 0.261. The van der Waals surface area contributed by atoms with Crippen molar-refractivity contribution in [1.29, 1.82) is 0 Å². The number of amides is 1. The number of anilines is 2. The highest BCUT2D eigenvalue weighted by molar-refractivity contribution is 6.05. The summed E-state index contributed by atoms with van der Waals surface area (Å²) in [7, 11) is 1.32. The van der Waals surface area contributed by atoms with Crippen LogP contribution in [0.1, 0.15) is 52.0 Å². The van der Waals surface area contributed by atoms with Crippen molar-refractivity contribution < 1.29 is 14.3 Å². The van der Waals surface area contributed by atoms with Gasteiger partial charge in [0.2, 0.25) is 0 Å². The Kier molecular flexibility index (Phi) is 7.95. The molecule has 0 unspecified atom stereocenters. The zero-order valence-electron chi connectivity index (χ0n) is 21.4. The van der Waals surface area contributed by atoms with Gasteiger partial charge in [-0.2, -0.15) is 0 Å². The molecular formula is C31H32N4O3. The van der Waals surface area contributed by atoms with Gasteiger partial charge in [-0.05, 0) is 73.7 Å². The molecule has 1 amide bonds. The third kappa shape index (κ3) is 6.18. The van der Waals surface area contributed by atoms with E-state index in [-0.39, 0.29) is 5.91 Å². The number of esters is 1. The largest absolute Gasteiger partial charge is 0.465 e. The first-order chi connectivity index (χ1) is 18.6. The second kappa shape index (κ2) is 11.9. The maximum Gasteiger partial charge on any atom is 0.337 e. The lowest BCUT2D eigenvalue weighted by atomic mass is 9.90. The number of benzene rings is 3. The molecule has 0 radical (unpaired) electrons. The van der Waals surface area contributed by atoms with Crippen molar-refractivity contribution in [1.82, 2.24) is 10.3 Å². The van der Waals surface area contributed by atoms with Crippen LogP contribution in [0.4, 0.5) is 11.4 Å². The van der Waals surface area contributed by atoms with Gasteiger partial charge in [-0.15, -0.1) is 0 Å². The molecule has 4 aromatic rings. The van der Waals surface area contributed by atoms with E-state index in [9.17, 15) is 9.59 Å². The Bertz CT molecular complexity index is 1420. The van der Waals surface area contributed by atoms with Crippen molar-refractivity contribution in [2.45, 2.75) is 44.3 Å². The first-order valence-corrected chi connectivity index (χ1v) is 13.0. The van der Waals surface area contributed by atoms with Crippen molar-refractivity contribution in [2.24, 2.45) is 0 Å². The van der Waals surface area contributed by atoms with E-state index in [1.54, 1.807) is 18.2 Å². The molecule has 7 heteroatoms. The van der Waals surface area contributed by atoms with E-state index in [0.29, 0.717) is 23.2 Å². The smallest absolute Gasteiger partial charge is 0.337 e. The molecule has 1 aliphatic carbocycles. The molecule has 194 valence electrons. The third-order valence-electron chi connectivity index (χ3n) is 7.09. The number of nitrogens with zero attached hydrogens (tertiary/aromatic N) is 1. The van der Waals surface area contributed by atoms with Crippen LogP contribution >= 0.6 is 0 Å². The molecule has 3 aromatic carbocycles. The molecule has 0 aliphatic heterocycles. The highest BCUT2D eigenvalue weighted by Gasteiger charge is 2.21. The lowest BCUT2D eigenvalue weighted by Crippen LogP contribution is -2.36. The third-order valence-corrected chi connectivity index (χ3v) is 7.09. The number of nitrogens with one attached hydrogen (secondary N) is 3. The van der Waals surface area contributed by atoms with Gasteiger partial charge < -0.3 is 20.7 Å². The van der Waals surface area contributed by atoms with Crippen LogP contribution in [0.5, 0.6) is 0 Å². The highest BCUT2D eigenvalue weighted by atomic mass is 16.5. The fraction of sp³-hybridized carbons (Fsp3) is 0.258. The number of ether oxygens (including phenoxy) is 1. The van der Waals surface area contributed by atoms with Gasteiger partial charge in [-0.3, -0.25) is 9.78 Å². The van der Waals surface area contributed by atoms with Gasteiger partial charge in [-0.25, -0.2) is 4.79 Å². The summed E-state index contributed by atoms with van der Waals surface area (Å²) in [6, 6.07) is 23.7. The van der Waals surface area contributed by atoms with Crippen LogP contribution in [0.15, 0.2) is 85.2 Å². The Hall–Kier alpha value is -4.23. The van der Waals surface area contributed by atoms with E-state index in [0.717, 1.165) is 48.9 Å². The molecular weight excluding hydrogens is 476 g/mol. The van der Waals surface area contributed by atoms with Crippen molar-refractivity contribution in [3.63, 3.8) is 0 Å². The van der Waals surface area contributed by atoms with Crippen LogP contribution in [0.25, 0.3) is 10.8 Å². The lowest BCUT2D eigenvalue weighted by molar-refractivity contribution is 0.0600. The van der Waals surface area contributed by atoms with Gasteiger partial charge >= 0.3 is 5.97 Å². The number of carbonyl (C=O) groups is 2. The summed E-state index contributed by atoms with van der Waals surface area (Å²) in [4.78, 5) is 28.7. The van der Waals surface area contributed by atoms with Crippen LogP contribution in [0.2, 0.25) is 0 Å². The van der Waals surface area contributed by atoms with Gasteiger partial charge in [0, 0.05) is 58.7 Å². The maximum atomic E-state index is 12.7. The van der Waals surface area contributed by atoms with Crippen LogP contribution in [0, 0.1) is 0 Å². The molecule has 5 rings (SSSR count). The maximum absolute atomic E-state index is 12.7. The minimum atomic E-state index is -0.469. The standard InChI is InChI=1S/C31H32N4O3/c1-38-31(37)23-7-3-6-22(18-23)30(36)35-27-9-2-5-21(17-27)19-33-25-11-13-26(14-12-25)34-29-10-4-8-24-20-32-16-15-28(24)29/h2-10,15-18,20,25-26,33-34H,11-14,19H2,1H3,(H,35,36). The van der Waals surface area contributed by atoms with Gasteiger partial charge in [0.15, 0.2) is 0 Å². The fourth-order valence-corrected chi connectivity index (χ4v) is 5.04. The van der Waals surface area contributed by atoms with E-state index in [4.69, 9.17) is 4.74 Å². The summed E-state index contributed by atoms with van der Waals surface area (Å²) in [5, 5.41) is 12.7. The molecule has 3 N–H and O–H groups in total. The van der Waals surface area contributed by atoms with E-state index in [1.165, 1.54) is 24.2 Å². The number of methoxy groups -OCH3 is 1. The average molecular weight is 509 g/mol. The Morgan fingerprint density at radius 3 is 2.50 bits per heavy atom. The minimum absolute atomic E-state index is 0.269. The number of aromatic nitrogens is 1. The van der Waals surface area contributed by atoms with E-state index in [2.05, 4.69) is 51.3 Å². The highest BCUT2D eigenvalue weighted by Crippen LogP contribution is 2.27. The van der Waals surface area contributed by atoms with E-state index < -0.39 is 5.97 Å². The lowest BCUT2D eigenvalue weighted by Gasteiger charge is -2.30. The van der Waals surface area contributed by atoms with Crippen LogP contribution in [0.3, 0.4) is 0 Å².